The van der Waals surface area contributed by atoms with Gasteiger partial charge in [0.05, 0.1) is 30.7 Å². The lowest BCUT2D eigenvalue weighted by atomic mass is 10.1. The third-order valence-corrected chi connectivity index (χ3v) is 5.00. The summed E-state index contributed by atoms with van der Waals surface area (Å²) in [4.78, 5) is 11.8. The van der Waals surface area contributed by atoms with Gasteiger partial charge >= 0.3 is 0 Å². The molecule has 8 heteroatoms. The first-order valence-corrected chi connectivity index (χ1v) is 8.14. The van der Waals surface area contributed by atoms with Crippen molar-refractivity contribution in [2.75, 3.05) is 18.6 Å². The Bertz CT molecular complexity index is 669. The van der Waals surface area contributed by atoms with Gasteiger partial charge in [-0.25, -0.2) is 13.8 Å². The van der Waals surface area contributed by atoms with Crippen LogP contribution in [0.15, 0.2) is 23.3 Å². The first kappa shape index (κ1) is 15.3. The molecule has 1 aliphatic rings. The Morgan fingerprint density at radius 2 is 2.29 bits per heavy atom. The minimum Gasteiger partial charge on any atom is -0.504 e. The molecule has 1 aromatic carbocycles. The summed E-state index contributed by atoms with van der Waals surface area (Å²) in [5.41, 5.74) is 2.67. The Balaban J connectivity index is 1.98. The number of aromatic hydroxyl groups is 1. The lowest BCUT2D eigenvalue weighted by Gasteiger charge is -2.06. The third kappa shape index (κ3) is 3.72. The second kappa shape index (κ2) is 6.13. The number of sulfone groups is 1. The molecule has 1 amide bonds. The highest BCUT2D eigenvalue weighted by atomic mass is 32.2. The van der Waals surface area contributed by atoms with E-state index in [2.05, 4.69) is 10.5 Å². The molecule has 1 aliphatic heterocycles. The van der Waals surface area contributed by atoms with Crippen LogP contribution in [-0.2, 0) is 14.6 Å². The third-order valence-electron chi connectivity index (χ3n) is 3.23. The van der Waals surface area contributed by atoms with Crippen molar-refractivity contribution in [1.29, 1.82) is 0 Å². The van der Waals surface area contributed by atoms with Gasteiger partial charge in [0.25, 0.3) is 0 Å². The monoisotopic (exact) mass is 312 g/mol. The van der Waals surface area contributed by atoms with Crippen LogP contribution in [0.2, 0.25) is 0 Å². The molecule has 2 N–H and O–H groups in total. The highest BCUT2D eigenvalue weighted by molar-refractivity contribution is 7.91. The zero-order chi connectivity index (χ0) is 15.5. The van der Waals surface area contributed by atoms with Gasteiger partial charge in [-0.3, -0.25) is 4.79 Å². The minimum absolute atomic E-state index is 0.0332. The highest BCUT2D eigenvalue weighted by Crippen LogP contribution is 2.27. The van der Waals surface area contributed by atoms with E-state index in [1.807, 2.05) is 0 Å². The number of benzene rings is 1. The van der Waals surface area contributed by atoms with Gasteiger partial charge in [0.15, 0.2) is 21.3 Å². The number of para-hydroxylation sites is 1. The van der Waals surface area contributed by atoms with Crippen LogP contribution in [0.25, 0.3) is 0 Å². The zero-order valence-corrected chi connectivity index (χ0v) is 12.3. The summed E-state index contributed by atoms with van der Waals surface area (Å²) in [6.45, 7) is 0. The standard InChI is InChI=1S/C13H16N2O5S/c1-20-11-4-2-3-9(12(11)16)7-14-15-13(17)10-5-6-21(18,19)8-10/h2-4,7,10,16H,5-6,8H2,1H3,(H,15,17)/b14-7+/t10-/m1/s1. The topological polar surface area (TPSA) is 105 Å². The number of nitrogens with one attached hydrogen (secondary N) is 1. The molecule has 0 unspecified atom stereocenters. The number of hydrazone groups is 1. The van der Waals surface area contributed by atoms with Crippen molar-refractivity contribution < 1.29 is 23.1 Å². The highest BCUT2D eigenvalue weighted by Gasteiger charge is 2.32. The second-order valence-corrected chi connectivity index (χ2v) is 6.96. The Hall–Kier alpha value is -2.09. The van der Waals surface area contributed by atoms with E-state index in [-0.39, 0.29) is 17.3 Å². The van der Waals surface area contributed by atoms with Gasteiger partial charge in [-0.05, 0) is 18.6 Å². The first-order valence-electron chi connectivity index (χ1n) is 6.32. The summed E-state index contributed by atoms with van der Waals surface area (Å²) >= 11 is 0. The van der Waals surface area contributed by atoms with E-state index in [4.69, 9.17) is 4.74 Å². The van der Waals surface area contributed by atoms with Gasteiger partial charge in [-0.1, -0.05) is 6.07 Å². The maximum Gasteiger partial charge on any atom is 0.244 e. The van der Waals surface area contributed by atoms with Crippen molar-refractivity contribution >= 4 is 22.0 Å². The Labute approximate surface area is 122 Å². The SMILES string of the molecule is COc1cccc(/C=N/NC(=O)[C@@H]2CCS(=O)(=O)C2)c1O. The molecule has 0 radical (unpaired) electrons. The lowest BCUT2D eigenvalue weighted by molar-refractivity contribution is -0.124. The van der Waals surface area contributed by atoms with Crippen molar-refractivity contribution in [3.8, 4) is 11.5 Å². The average molecular weight is 312 g/mol. The van der Waals surface area contributed by atoms with E-state index in [0.717, 1.165) is 0 Å². The fraction of sp³-hybridized carbons (Fsp3) is 0.385. The maximum absolute atomic E-state index is 11.8. The molecule has 1 saturated heterocycles. The van der Waals surface area contributed by atoms with Crippen molar-refractivity contribution in [3.05, 3.63) is 23.8 Å². The van der Waals surface area contributed by atoms with Gasteiger partial charge in [0, 0.05) is 5.56 Å². The molecule has 7 nitrogen and oxygen atoms in total. The van der Waals surface area contributed by atoms with Gasteiger partial charge in [-0.15, -0.1) is 0 Å². The van der Waals surface area contributed by atoms with Crippen molar-refractivity contribution in [2.24, 2.45) is 11.0 Å². The summed E-state index contributed by atoms with van der Waals surface area (Å²) in [6, 6.07) is 4.87. The molecule has 2 rings (SSSR count). The molecular weight excluding hydrogens is 296 g/mol. The zero-order valence-electron chi connectivity index (χ0n) is 11.4. The van der Waals surface area contributed by atoms with E-state index >= 15 is 0 Å². The number of hydrogen-bond acceptors (Lipinski definition) is 6. The normalized spacial score (nSPS) is 20.5. The molecule has 0 aromatic heterocycles. The van der Waals surface area contributed by atoms with Gasteiger partial charge in [0.1, 0.15) is 0 Å². The van der Waals surface area contributed by atoms with E-state index < -0.39 is 21.7 Å². The summed E-state index contributed by atoms with van der Waals surface area (Å²) in [5, 5.41) is 13.6. The molecule has 0 saturated carbocycles. The number of amides is 1. The van der Waals surface area contributed by atoms with Crippen LogP contribution in [0.3, 0.4) is 0 Å². The number of methoxy groups -OCH3 is 1. The molecule has 1 heterocycles. The molecular formula is C13H16N2O5S. The van der Waals surface area contributed by atoms with E-state index in [0.29, 0.717) is 17.7 Å². The van der Waals surface area contributed by atoms with Crippen LogP contribution in [-0.4, -0.2) is 44.3 Å². The molecule has 21 heavy (non-hydrogen) atoms. The predicted molar refractivity (Wildman–Crippen MR) is 77.2 cm³/mol. The van der Waals surface area contributed by atoms with Crippen molar-refractivity contribution in [2.45, 2.75) is 6.42 Å². The average Bonchev–Trinajstić information content (AvgIpc) is 2.81. The molecule has 1 aromatic rings. The number of carbonyl (C=O) groups excluding carboxylic acids is 1. The summed E-state index contributed by atoms with van der Waals surface area (Å²) in [7, 11) is -1.67. The van der Waals surface area contributed by atoms with Crippen LogP contribution >= 0.6 is 0 Å². The first-order chi connectivity index (χ1) is 9.93. The fourth-order valence-corrected chi connectivity index (χ4v) is 3.81. The Morgan fingerprint density at radius 3 is 2.90 bits per heavy atom. The number of hydrogen-bond donors (Lipinski definition) is 2. The Kier molecular flexibility index (Phi) is 4.46. The summed E-state index contributed by atoms with van der Waals surface area (Å²) < 4.78 is 27.5. The number of rotatable bonds is 4. The van der Waals surface area contributed by atoms with Crippen LogP contribution in [0.4, 0.5) is 0 Å². The Morgan fingerprint density at radius 1 is 1.52 bits per heavy atom. The number of carbonyl (C=O) groups is 1. The van der Waals surface area contributed by atoms with Crippen molar-refractivity contribution in [3.63, 3.8) is 0 Å². The van der Waals surface area contributed by atoms with Crippen LogP contribution < -0.4 is 10.2 Å². The number of phenolic OH excluding ortho intramolecular Hbond substituents is 1. The van der Waals surface area contributed by atoms with Crippen LogP contribution in [0.1, 0.15) is 12.0 Å². The minimum atomic E-state index is -3.10. The lowest BCUT2D eigenvalue weighted by Crippen LogP contribution is -2.27. The van der Waals surface area contributed by atoms with E-state index in [1.54, 1.807) is 18.2 Å². The van der Waals surface area contributed by atoms with Crippen LogP contribution in [0, 0.1) is 5.92 Å². The number of phenols is 1. The number of nitrogens with zero attached hydrogens (tertiary/aromatic N) is 1. The summed E-state index contributed by atoms with van der Waals surface area (Å²) in [5.74, 6) is -0.890. The van der Waals surface area contributed by atoms with Gasteiger partial charge in [-0.2, -0.15) is 5.10 Å². The van der Waals surface area contributed by atoms with Gasteiger partial charge < -0.3 is 9.84 Å². The van der Waals surface area contributed by atoms with E-state index in [9.17, 15) is 18.3 Å². The molecule has 0 bridgehead atoms. The largest absolute Gasteiger partial charge is 0.504 e. The van der Waals surface area contributed by atoms with Crippen LogP contribution in [0.5, 0.6) is 11.5 Å². The van der Waals surface area contributed by atoms with Crippen molar-refractivity contribution in [1.82, 2.24) is 5.43 Å². The fourth-order valence-electron chi connectivity index (χ4n) is 2.07. The van der Waals surface area contributed by atoms with Gasteiger partial charge in [0.2, 0.25) is 5.91 Å². The number of ether oxygens (including phenoxy) is 1. The maximum atomic E-state index is 11.8. The quantitative estimate of drug-likeness (QED) is 0.614. The smallest absolute Gasteiger partial charge is 0.244 e. The van der Waals surface area contributed by atoms with E-state index in [1.165, 1.54) is 13.3 Å². The summed E-state index contributed by atoms with van der Waals surface area (Å²) in [6.07, 6.45) is 1.59. The molecule has 0 spiro atoms. The second-order valence-electron chi connectivity index (χ2n) is 4.73. The molecule has 0 aliphatic carbocycles. The molecule has 114 valence electrons. The predicted octanol–water partition coefficient (Wildman–Crippen LogP) is 0.286. The molecule has 1 fully saturated rings. The molecule has 1 atom stereocenters.